The largest absolute Gasteiger partial charge is 0.462 e. The van der Waals surface area contributed by atoms with Crippen molar-refractivity contribution >= 4 is 17.9 Å². The van der Waals surface area contributed by atoms with Crippen LogP contribution in [-0.2, 0) is 28.6 Å². The summed E-state index contributed by atoms with van der Waals surface area (Å²) in [5.74, 6) is -0.892. The van der Waals surface area contributed by atoms with Gasteiger partial charge in [-0.05, 0) is 77.0 Å². The number of esters is 3. The van der Waals surface area contributed by atoms with Crippen molar-refractivity contribution in [3.8, 4) is 0 Å². The van der Waals surface area contributed by atoms with E-state index in [4.69, 9.17) is 14.2 Å². The maximum absolute atomic E-state index is 12.9. The van der Waals surface area contributed by atoms with Crippen LogP contribution in [0.15, 0.2) is 85.1 Å². The van der Waals surface area contributed by atoms with Crippen molar-refractivity contribution < 1.29 is 28.6 Å². The van der Waals surface area contributed by atoms with Crippen LogP contribution in [0.1, 0.15) is 329 Å². The molecule has 0 saturated heterocycles. The molecule has 1 unspecified atom stereocenters. The molecule has 77 heavy (non-hydrogen) atoms. The maximum atomic E-state index is 12.9. The Kier molecular flexibility index (Phi) is 62.2. The monoisotopic (exact) mass is 1070 g/mol. The van der Waals surface area contributed by atoms with Gasteiger partial charge in [-0.15, -0.1) is 0 Å². The molecule has 6 heteroatoms. The van der Waals surface area contributed by atoms with E-state index in [0.717, 1.165) is 122 Å². The van der Waals surface area contributed by atoms with E-state index < -0.39 is 6.10 Å². The number of unbranched alkanes of at least 4 members (excludes halogenated alkanes) is 35. The minimum atomic E-state index is -0.781. The highest BCUT2D eigenvalue weighted by Crippen LogP contribution is 2.17. The van der Waals surface area contributed by atoms with Gasteiger partial charge in [-0.1, -0.05) is 318 Å². The quantitative estimate of drug-likeness (QED) is 0.0261. The molecular formula is C71H124O6. The molecule has 0 spiro atoms. The van der Waals surface area contributed by atoms with Crippen molar-refractivity contribution in [2.45, 2.75) is 335 Å². The van der Waals surface area contributed by atoms with E-state index in [1.165, 1.54) is 167 Å². The average Bonchev–Trinajstić information content (AvgIpc) is 3.43. The maximum Gasteiger partial charge on any atom is 0.306 e. The Morgan fingerprint density at radius 1 is 0.273 bits per heavy atom. The van der Waals surface area contributed by atoms with Crippen LogP contribution in [0.3, 0.4) is 0 Å². The number of rotatable bonds is 60. The molecule has 0 fully saturated rings. The topological polar surface area (TPSA) is 78.9 Å². The summed E-state index contributed by atoms with van der Waals surface area (Å²) >= 11 is 0. The van der Waals surface area contributed by atoms with Crippen molar-refractivity contribution in [3.63, 3.8) is 0 Å². The van der Waals surface area contributed by atoms with E-state index in [-0.39, 0.29) is 31.1 Å². The lowest BCUT2D eigenvalue weighted by molar-refractivity contribution is -0.167. The summed E-state index contributed by atoms with van der Waals surface area (Å²) < 4.78 is 16.8. The van der Waals surface area contributed by atoms with Crippen molar-refractivity contribution in [1.29, 1.82) is 0 Å². The van der Waals surface area contributed by atoms with E-state index in [2.05, 4.69) is 106 Å². The lowest BCUT2D eigenvalue weighted by Crippen LogP contribution is -2.30. The first kappa shape index (κ1) is 73.6. The van der Waals surface area contributed by atoms with Gasteiger partial charge < -0.3 is 14.2 Å². The molecule has 0 aliphatic carbocycles. The molecule has 0 aromatic heterocycles. The zero-order valence-corrected chi connectivity index (χ0v) is 51.0. The molecule has 0 aliphatic rings. The van der Waals surface area contributed by atoms with Gasteiger partial charge in [0.1, 0.15) is 13.2 Å². The molecule has 0 rings (SSSR count). The van der Waals surface area contributed by atoms with Gasteiger partial charge >= 0.3 is 17.9 Å². The summed E-state index contributed by atoms with van der Waals surface area (Å²) in [4.78, 5) is 38.1. The molecule has 0 heterocycles. The highest BCUT2D eigenvalue weighted by atomic mass is 16.6. The fraction of sp³-hybridized carbons (Fsp3) is 0.761. The molecule has 0 aromatic carbocycles. The van der Waals surface area contributed by atoms with Crippen molar-refractivity contribution in [3.05, 3.63) is 85.1 Å². The fourth-order valence-electron chi connectivity index (χ4n) is 9.48. The van der Waals surface area contributed by atoms with Crippen LogP contribution in [0, 0.1) is 0 Å². The van der Waals surface area contributed by atoms with E-state index in [1.54, 1.807) is 0 Å². The van der Waals surface area contributed by atoms with Gasteiger partial charge in [0.15, 0.2) is 6.10 Å². The third kappa shape index (κ3) is 63.3. The summed E-state index contributed by atoms with van der Waals surface area (Å²) in [5, 5.41) is 0. The average molecular weight is 1070 g/mol. The van der Waals surface area contributed by atoms with Gasteiger partial charge in [-0.25, -0.2) is 0 Å². The third-order valence-electron chi connectivity index (χ3n) is 14.4. The molecule has 444 valence electrons. The Bertz CT molecular complexity index is 1470. The van der Waals surface area contributed by atoms with Crippen LogP contribution in [0.25, 0.3) is 0 Å². The Balaban J connectivity index is 4.15. The first-order valence-corrected chi connectivity index (χ1v) is 33.1. The van der Waals surface area contributed by atoms with E-state index in [0.29, 0.717) is 19.3 Å². The Hall–Kier alpha value is -3.41. The zero-order chi connectivity index (χ0) is 55.7. The second-order valence-corrected chi connectivity index (χ2v) is 22.0. The lowest BCUT2D eigenvalue weighted by Gasteiger charge is -2.18. The van der Waals surface area contributed by atoms with Crippen molar-refractivity contribution in [2.24, 2.45) is 0 Å². The number of carbonyl (C=O) groups is 3. The van der Waals surface area contributed by atoms with Gasteiger partial charge in [0.25, 0.3) is 0 Å². The predicted molar refractivity (Wildman–Crippen MR) is 334 cm³/mol. The standard InChI is InChI=1S/C71H124O6/c1-4-7-10-13-16-18-20-22-24-26-28-30-32-34-35-37-38-40-42-44-46-48-50-52-55-58-61-64-70(73)76-67-68(66-75-69(72)63-60-57-54-15-12-9-6-3)77-71(74)65-62-59-56-53-51-49-47-45-43-41-39-36-33-31-29-27-25-23-21-19-17-14-11-8-5-2/h7,10,16,18,22,24,28,30,34-35,38,40,44,46,68H,4-6,8-9,11-15,17,19-21,23,25-27,29,31-33,36-37,39,41-43,45,47-67H2,1-3H3/b10-7-,18-16-,24-22-,30-28-,35-34-,40-38-,46-44-. The van der Waals surface area contributed by atoms with E-state index in [1.807, 2.05) is 0 Å². The van der Waals surface area contributed by atoms with Crippen LogP contribution < -0.4 is 0 Å². The Labute approximate surface area is 477 Å². The molecule has 1 atom stereocenters. The zero-order valence-electron chi connectivity index (χ0n) is 51.0. The smallest absolute Gasteiger partial charge is 0.306 e. The van der Waals surface area contributed by atoms with Crippen LogP contribution >= 0.6 is 0 Å². The normalized spacial score (nSPS) is 12.6. The molecular weight excluding hydrogens is 949 g/mol. The summed E-state index contributed by atoms with van der Waals surface area (Å²) in [5.41, 5.74) is 0. The van der Waals surface area contributed by atoms with Gasteiger partial charge in [0, 0.05) is 19.3 Å². The molecule has 0 radical (unpaired) electrons. The van der Waals surface area contributed by atoms with Crippen LogP contribution in [0.4, 0.5) is 0 Å². The summed E-state index contributed by atoms with van der Waals surface area (Å²) in [7, 11) is 0. The second-order valence-electron chi connectivity index (χ2n) is 22.0. The molecule has 0 N–H and O–H groups in total. The van der Waals surface area contributed by atoms with Gasteiger partial charge in [-0.2, -0.15) is 0 Å². The minimum absolute atomic E-state index is 0.0797. The number of hydrogen-bond acceptors (Lipinski definition) is 6. The van der Waals surface area contributed by atoms with Crippen molar-refractivity contribution in [2.75, 3.05) is 13.2 Å². The van der Waals surface area contributed by atoms with Gasteiger partial charge in [0.2, 0.25) is 0 Å². The second kappa shape index (κ2) is 65.1. The highest BCUT2D eigenvalue weighted by molar-refractivity contribution is 5.71. The first-order chi connectivity index (χ1) is 38.0. The lowest BCUT2D eigenvalue weighted by atomic mass is 10.0. The Morgan fingerprint density at radius 2 is 0.506 bits per heavy atom. The SMILES string of the molecule is CC/C=C\C/C=C\C/C=C\C/C=C\C/C=C\C/C=C\C/C=C\CCCCCCCC(=O)OCC(COC(=O)CCCCCCCCC)OC(=O)CCCCCCCCCCCCCCCCCCCCCCCCCCC. The van der Waals surface area contributed by atoms with Crippen LogP contribution in [0.2, 0.25) is 0 Å². The first-order valence-electron chi connectivity index (χ1n) is 33.1. The summed E-state index contributed by atoms with van der Waals surface area (Å²) in [6.07, 6.45) is 86.3. The molecule has 0 bridgehead atoms. The Morgan fingerprint density at radius 3 is 0.792 bits per heavy atom. The fourth-order valence-corrected chi connectivity index (χ4v) is 9.48. The molecule has 0 aromatic rings. The van der Waals surface area contributed by atoms with Crippen LogP contribution in [-0.4, -0.2) is 37.2 Å². The van der Waals surface area contributed by atoms with Crippen LogP contribution in [0.5, 0.6) is 0 Å². The summed E-state index contributed by atoms with van der Waals surface area (Å²) in [6, 6.07) is 0. The van der Waals surface area contributed by atoms with E-state index in [9.17, 15) is 14.4 Å². The van der Waals surface area contributed by atoms with Gasteiger partial charge in [0.05, 0.1) is 0 Å². The minimum Gasteiger partial charge on any atom is -0.462 e. The predicted octanol–water partition coefficient (Wildman–Crippen LogP) is 22.7. The summed E-state index contributed by atoms with van der Waals surface area (Å²) in [6.45, 7) is 6.51. The number of carbonyl (C=O) groups excluding carboxylic acids is 3. The molecule has 0 saturated carbocycles. The third-order valence-corrected chi connectivity index (χ3v) is 14.4. The van der Waals surface area contributed by atoms with E-state index >= 15 is 0 Å². The highest BCUT2D eigenvalue weighted by Gasteiger charge is 2.19. The number of ether oxygens (including phenoxy) is 3. The van der Waals surface area contributed by atoms with Gasteiger partial charge in [-0.3, -0.25) is 14.4 Å². The molecule has 6 nitrogen and oxygen atoms in total. The molecule has 0 amide bonds. The molecule has 0 aliphatic heterocycles. The van der Waals surface area contributed by atoms with Crippen molar-refractivity contribution in [1.82, 2.24) is 0 Å². The number of allylic oxidation sites excluding steroid dienone is 14. The number of hydrogen-bond donors (Lipinski definition) is 0.